The lowest BCUT2D eigenvalue weighted by atomic mass is 9.89. The van der Waals surface area contributed by atoms with Crippen LogP contribution in [0.4, 0.5) is 0 Å². The Bertz CT molecular complexity index is 1480. The highest BCUT2D eigenvalue weighted by atomic mass is 32.2. The average molecular weight is 613 g/mol. The second-order valence-electron chi connectivity index (χ2n) is 13.1. The number of unbranched alkanes of at least 4 members (excludes halogenated alkanes) is 1. The van der Waals surface area contributed by atoms with Crippen molar-refractivity contribution < 1.29 is 8.42 Å². The molecule has 0 heterocycles. The molecule has 44 heavy (non-hydrogen) atoms. The van der Waals surface area contributed by atoms with Crippen LogP contribution in [0.25, 0.3) is 0 Å². The van der Waals surface area contributed by atoms with E-state index in [-0.39, 0.29) is 17.9 Å². The SMILES string of the molecule is CC(C)c1cc(C(C)C)c(S(=O)(=O)NC(c2ccccc2)C(NCCCCC2=CC=CCC2)c2ccccc2)c(C(C)C)c1. The van der Waals surface area contributed by atoms with Crippen molar-refractivity contribution in [3.05, 3.63) is 124 Å². The molecule has 4 nitrogen and oxygen atoms in total. The molecule has 5 heteroatoms. The van der Waals surface area contributed by atoms with Gasteiger partial charge in [0, 0.05) is 0 Å². The highest BCUT2D eigenvalue weighted by Gasteiger charge is 2.33. The standard InChI is InChI=1S/C39H52N2O2S/c1-28(2)34-26-35(29(3)4)39(36(27-34)30(5)6)44(42,43)41-38(33-23-14-9-15-24-33)37(32-21-12-8-13-22-32)40-25-17-16-20-31-18-10-7-11-19-31/h7-10,12-15,18,21-24,26-30,37-38,40-41H,11,16-17,19-20,25H2,1-6H3. The number of sulfonamides is 1. The molecule has 0 amide bonds. The summed E-state index contributed by atoms with van der Waals surface area (Å²) in [6.45, 7) is 13.5. The third kappa shape index (κ3) is 8.80. The van der Waals surface area contributed by atoms with E-state index < -0.39 is 16.1 Å². The summed E-state index contributed by atoms with van der Waals surface area (Å²) >= 11 is 0. The van der Waals surface area contributed by atoms with Gasteiger partial charge in [-0.3, -0.25) is 0 Å². The Morgan fingerprint density at radius 2 is 1.27 bits per heavy atom. The fraction of sp³-hybridized carbons (Fsp3) is 0.436. The smallest absolute Gasteiger partial charge is 0.241 e. The van der Waals surface area contributed by atoms with Crippen LogP contribution in [0.15, 0.2) is 101 Å². The summed E-state index contributed by atoms with van der Waals surface area (Å²) in [5, 5.41) is 3.78. The first kappa shape index (κ1) is 33.9. The van der Waals surface area contributed by atoms with Crippen LogP contribution < -0.4 is 10.0 Å². The van der Waals surface area contributed by atoms with Crippen LogP contribution in [0.1, 0.15) is 131 Å². The van der Waals surface area contributed by atoms with Crippen LogP contribution in [-0.4, -0.2) is 15.0 Å². The first-order chi connectivity index (χ1) is 21.1. The number of allylic oxidation sites excluding steroid dienone is 4. The second-order valence-corrected chi connectivity index (χ2v) is 14.7. The summed E-state index contributed by atoms with van der Waals surface area (Å²) in [6, 6.07) is 23.7. The topological polar surface area (TPSA) is 58.2 Å². The lowest BCUT2D eigenvalue weighted by Crippen LogP contribution is -2.39. The summed E-state index contributed by atoms with van der Waals surface area (Å²) < 4.78 is 32.6. The van der Waals surface area contributed by atoms with E-state index >= 15 is 0 Å². The van der Waals surface area contributed by atoms with Crippen LogP contribution in [0.3, 0.4) is 0 Å². The van der Waals surface area contributed by atoms with Crippen molar-refractivity contribution in [1.29, 1.82) is 0 Å². The molecule has 236 valence electrons. The molecule has 0 aromatic heterocycles. The lowest BCUT2D eigenvalue weighted by Gasteiger charge is -2.31. The Morgan fingerprint density at radius 3 is 1.77 bits per heavy atom. The Morgan fingerprint density at radius 1 is 0.705 bits per heavy atom. The van der Waals surface area contributed by atoms with Gasteiger partial charge in [0.05, 0.1) is 17.0 Å². The molecule has 0 fully saturated rings. The summed E-state index contributed by atoms with van der Waals surface area (Å²) in [6.07, 6.45) is 12.2. The monoisotopic (exact) mass is 612 g/mol. The van der Waals surface area contributed by atoms with Gasteiger partial charge in [0.25, 0.3) is 0 Å². The largest absolute Gasteiger partial charge is 0.308 e. The van der Waals surface area contributed by atoms with Gasteiger partial charge >= 0.3 is 0 Å². The van der Waals surface area contributed by atoms with E-state index in [0.29, 0.717) is 10.8 Å². The number of hydrogen-bond donors (Lipinski definition) is 2. The van der Waals surface area contributed by atoms with Crippen LogP contribution >= 0.6 is 0 Å². The van der Waals surface area contributed by atoms with Crippen molar-refractivity contribution in [2.75, 3.05) is 6.54 Å². The van der Waals surface area contributed by atoms with Gasteiger partial charge in [-0.1, -0.05) is 138 Å². The molecule has 1 aliphatic carbocycles. The summed E-state index contributed by atoms with van der Waals surface area (Å²) in [7, 11) is -3.91. The van der Waals surface area contributed by atoms with Crippen molar-refractivity contribution in [1.82, 2.24) is 10.0 Å². The molecule has 0 radical (unpaired) electrons. The molecule has 0 spiro atoms. The minimum atomic E-state index is -3.91. The van der Waals surface area contributed by atoms with E-state index in [1.165, 1.54) is 11.1 Å². The van der Waals surface area contributed by atoms with E-state index in [9.17, 15) is 8.42 Å². The molecule has 2 N–H and O–H groups in total. The highest BCUT2D eigenvalue weighted by molar-refractivity contribution is 7.89. The molecular formula is C39H52N2O2S. The second kappa shape index (κ2) is 15.8. The molecule has 3 aromatic rings. The molecule has 0 saturated carbocycles. The van der Waals surface area contributed by atoms with Gasteiger partial charge in [0.1, 0.15) is 0 Å². The van der Waals surface area contributed by atoms with Gasteiger partial charge in [-0.2, -0.15) is 0 Å². The zero-order valence-corrected chi connectivity index (χ0v) is 28.3. The van der Waals surface area contributed by atoms with Crippen LogP contribution in [0.5, 0.6) is 0 Å². The molecule has 0 saturated heterocycles. The number of hydrogen-bond acceptors (Lipinski definition) is 3. The van der Waals surface area contributed by atoms with Crippen LogP contribution in [0.2, 0.25) is 0 Å². The van der Waals surface area contributed by atoms with Crippen molar-refractivity contribution in [2.45, 2.75) is 108 Å². The van der Waals surface area contributed by atoms with E-state index in [1.807, 2.05) is 48.5 Å². The minimum Gasteiger partial charge on any atom is -0.308 e. The fourth-order valence-corrected chi connectivity index (χ4v) is 8.03. The van der Waals surface area contributed by atoms with Crippen LogP contribution in [-0.2, 0) is 10.0 Å². The van der Waals surface area contributed by atoms with Crippen LogP contribution in [0, 0.1) is 0 Å². The van der Waals surface area contributed by atoms with Gasteiger partial charge < -0.3 is 5.32 Å². The molecule has 0 bridgehead atoms. The third-order valence-electron chi connectivity index (χ3n) is 8.67. The predicted octanol–water partition coefficient (Wildman–Crippen LogP) is 9.85. The number of nitrogens with one attached hydrogen (secondary N) is 2. The Hall–Kier alpha value is -2.99. The fourth-order valence-electron chi connectivity index (χ4n) is 6.10. The predicted molar refractivity (Wildman–Crippen MR) is 186 cm³/mol. The van der Waals surface area contributed by atoms with Gasteiger partial charge in [-0.05, 0) is 84.2 Å². The van der Waals surface area contributed by atoms with E-state index in [0.717, 1.165) is 60.9 Å². The number of benzene rings is 3. The highest BCUT2D eigenvalue weighted by Crippen LogP contribution is 2.37. The van der Waals surface area contributed by atoms with E-state index in [4.69, 9.17) is 0 Å². The Balaban J connectivity index is 1.71. The summed E-state index contributed by atoms with van der Waals surface area (Å²) in [5.41, 5.74) is 6.47. The van der Waals surface area contributed by atoms with E-state index in [2.05, 4.69) is 94.1 Å². The molecule has 2 unspecified atom stereocenters. The Kier molecular flexibility index (Phi) is 12.2. The molecule has 0 aliphatic heterocycles. The number of rotatable bonds is 15. The first-order valence-electron chi connectivity index (χ1n) is 16.5. The van der Waals surface area contributed by atoms with Gasteiger partial charge in [0.2, 0.25) is 10.0 Å². The molecule has 1 aliphatic rings. The molecule has 3 aromatic carbocycles. The summed E-state index contributed by atoms with van der Waals surface area (Å²) in [5.74, 6) is 0.431. The maximum absolute atomic E-state index is 14.7. The van der Waals surface area contributed by atoms with Gasteiger partial charge in [-0.25, -0.2) is 13.1 Å². The van der Waals surface area contributed by atoms with Crippen molar-refractivity contribution in [3.63, 3.8) is 0 Å². The molecule has 2 atom stereocenters. The van der Waals surface area contributed by atoms with E-state index in [1.54, 1.807) is 0 Å². The molecule has 4 rings (SSSR count). The quantitative estimate of drug-likeness (QED) is 0.168. The van der Waals surface area contributed by atoms with Crippen molar-refractivity contribution >= 4 is 10.0 Å². The maximum Gasteiger partial charge on any atom is 0.241 e. The average Bonchev–Trinajstić information content (AvgIpc) is 3.02. The third-order valence-corrected chi connectivity index (χ3v) is 10.2. The van der Waals surface area contributed by atoms with Gasteiger partial charge in [-0.15, -0.1) is 0 Å². The zero-order valence-electron chi connectivity index (χ0n) is 27.5. The Labute approximate surface area is 267 Å². The zero-order chi connectivity index (χ0) is 31.7. The lowest BCUT2D eigenvalue weighted by molar-refractivity contribution is 0.417. The normalized spacial score (nSPS) is 15.2. The van der Waals surface area contributed by atoms with Gasteiger partial charge in [0.15, 0.2) is 0 Å². The minimum absolute atomic E-state index is 0.0609. The first-order valence-corrected chi connectivity index (χ1v) is 17.9. The van der Waals surface area contributed by atoms with Crippen molar-refractivity contribution in [2.24, 2.45) is 0 Å². The molecular weight excluding hydrogens is 561 g/mol. The maximum atomic E-state index is 14.7. The summed E-state index contributed by atoms with van der Waals surface area (Å²) in [4.78, 5) is 0.439. The van der Waals surface area contributed by atoms with Crippen molar-refractivity contribution in [3.8, 4) is 0 Å².